The normalized spacial score (nSPS) is 11.8. The van der Waals surface area contributed by atoms with E-state index >= 15 is 0 Å². The first-order valence-electron chi connectivity index (χ1n) is 6.77. The number of pyridine rings is 2. The number of esters is 1. The van der Waals surface area contributed by atoms with Gasteiger partial charge >= 0.3 is 11.9 Å². The summed E-state index contributed by atoms with van der Waals surface area (Å²) in [4.78, 5) is 30.2. The van der Waals surface area contributed by atoms with Crippen LogP contribution in [-0.2, 0) is 22.6 Å². The average molecular weight is 370 g/mol. The number of hydrogen-bond donors (Lipinski definition) is 2. The van der Waals surface area contributed by atoms with Gasteiger partial charge in [-0.1, -0.05) is 29.3 Å². The first-order valence-corrected chi connectivity index (χ1v) is 7.53. The molecule has 0 radical (unpaired) electrons. The molecule has 2 aromatic rings. The Morgan fingerprint density at radius 1 is 1.21 bits per heavy atom. The minimum absolute atomic E-state index is 0.0370. The monoisotopic (exact) mass is 369 g/mol. The molecule has 2 heterocycles. The van der Waals surface area contributed by atoms with E-state index in [1.54, 1.807) is 6.07 Å². The predicted molar refractivity (Wildman–Crippen MR) is 86.9 cm³/mol. The van der Waals surface area contributed by atoms with Gasteiger partial charge in [-0.2, -0.15) is 0 Å². The Balaban J connectivity index is 1.90. The molecule has 7 nitrogen and oxygen atoms in total. The van der Waals surface area contributed by atoms with Crippen LogP contribution < -0.4 is 5.73 Å². The number of nitrogens with two attached hydrogens (primary N) is 1. The van der Waals surface area contributed by atoms with Crippen LogP contribution >= 0.6 is 23.2 Å². The fourth-order valence-corrected chi connectivity index (χ4v) is 2.37. The molecule has 24 heavy (non-hydrogen) atoms. The summed E-state index contributed by atoms with van der Waals surface area (Å²) in [5.41, 5.74) is 6.92. The number of hydrogen-bond acceptors (Lipinski definition) is 6. The summed E-state index contributed by atoms with van der Waals surface area (Å²) in [6.07, 6.45) is 1.53. The zero-order valence-electron chi connectivity index (χ0n) is 12.3. The second-order valence-corrected chi connectivity index (χ2v) is 5.67. The van der Waals surface area contributed by atoms with Gasteiger partial charge in [-0.15, -0.1) is 0 Å². The van der Waals surface area contributed by atoms with E-state index in [2.05, 4.69) is 9.97 Å². The van der Waals surface area contributed by atoms with Crippen LogP contribution in [0.1, 0.15) is 21.6 Å². The van der Waals surface area contributed by atoms with Gasteiger partial charge in [-0.3, -0.25) is 4.79 Å². The molecule has 9 heteroatoms. The van der Waals surface area contributed by atoms with Crippen molar-refractivity contribution < 1.29 is 19.4 Å². The molecular formula is C15H13Cl2N3O4. The quantitative estimate of drug-likeness (QED) is 0.591. The van der Waals surface area contributed by atoms with Crippen molar-refractivity contribution in [1.82, 2.24) is 9.97 Å². The van der Waals surface area contributed by atoms with Crippen molar-refractivity contribution in [3.63, 3.8) is 0 Å². The van der Waals surface area contributed by atoms with Gasteiger partial charge in [-0.05, 0) is 35.7 Å². The number of aromatic nitrogens is 2. The number of carboxylic acids is 1. The minimum Gasteiger partial charge on any atom is -0.477 e. The molecule has 2 rings (SSSR count). The van der Waals surface area contributed by atoms with Crippen molar-refractivity contribution in [3.05, 3.63) is 57.6 Å². The molecule has 0 spiro atoms. The van der Waals surface area contributed by atoms with Crippen molar-refractivity contribution in [1.29, 1.82) is 0 Å². The van der Waals surface area contributed by atoms with Crippen LogP contribution in [0.5, 0.6) is 0 Å². The summed E-state index contributed by atoms with van der Waals surface area (Å²) in [5.74, 6) is -1.73. The standard InChI is InChI=1S/C15H13Cl2N3O4/c16-12-4-9(5-13(17)20-12)7-24-15(23)10(18)3-8-1-2-11(14(21)22)19-6-8/h1-2,4-6,10H,3,7,18H2,(H,21,22)/t10-/m0/s1. The van der Waals surface area contributed by atoms with Crippen LogP contribution in [0.25, 0.3) is 0 Å². The number of nitrogens with zero attached hydrogens (tertiary/aromatic N) is 2. The zero-order valence-corrected chi connectivity index (χ0v) is 13.8. The Morgan fingerprint density at radius 3 is 2.42 bits per heavy atom. The van der Waals surface area contributed by atoms with Gasteiger partial charge < -0.3 is 15.6 Å². The van der Waals surface area contributed by atoms with Crippen molar-refractivity contribution >= 4 is 35.1 Å². The van der Waals surface area contributed by atoms with Crippen LogP contribution in [0, 0.1) is 0 Å². The molecule has 0 saturated heterocycles. The predicted octanol–water partition coefficient (Wildman–Crippen LogP) is 2.09. The van der Waals surface area contributed by atoms with E-state index in [1.165, 1.54) is 24.4 Å². The maximum absolute atomic E-state index is 11.9. The molecule has 0 aliphatic heterocycles. The highest BCUT2D eigenvalue weighted by Gasteiger charge is 2.17. The smallest absolute Gasteiger partial charge is 0.354 e. The molecule has 3 N–H and O–H groups in total. The van der Waals surface area contributed by atoms with Gasteiger partial charge in [0.15, 0.2) is 0 Å². The summed E-state index contributed by atoms with van der Waals surface area (Å²) < 4.78 is 5.11. The van der Waals surface area contributed by atoms with Crippen molar-refractivity contribution in [2.45, 2.75) is 19.1 Å². The van der Waals surface area contributed by atoms with E-state index in [0.717, 1.165) is 0 Å². The second kappa shape index (κ2) is 8.05. The first-order chi connectivity index (χ1) is 11.3. The topological polar surface area (TPSA) is 115 Å². The zero-order chi connectivity index (χ0) is 17.7. The minimum atomic E-state index is -1.13. The number of carboxylic acid groups (broad SMARTS) is 1. The molecule has 1 atom stereocenters. The summed E-state index contributed by atoms with van der Waals surface area (Å²) in [6.45, 7) is -0.0370. The van der Waals surface area contributed by atoms with Crippen LogP contribution in [0.2, 0.25) is 10.3 Å². The maximum atomic E-state index is 11.9. The van der Waals surface area contributed by atoms with Crippen molar-refractivity contribution in [2.24, 2.45) is 5.73 Å². The van der Waals surface area contributed by atoms with E-state index in [-0.39, 0.29) is 29.0 Å². The molecule has 0 saturated carbocycles. The number of aromatic carboxylic acids is 1. The van der Waals surface area contributed by atoms with Gasteiger partial charge in [0.05, 0.1) is 0 Å². The number of carbonyl (C=O) groups is 2. The van der Waals surface area contributed by atoms with Crippen molar-refractivity contribution in [2.75, 3.05) is 0 Å². The van der Waals surface area contributed by atoms with Gasteiger partial charge in [0, 0.05) is 6.20 Å². The average Bonchev–Trinajstić information content (AvgIpc) is 2.52. The molecule has 0 unspecified atom stereocenters. The van der Waals surface area contributed by atoms with Gasteiger partial charge in [0.2, 0.25) is 0 Å². The van der Waals surface area contributed by atoms with E-state index in [9.17, 15) is 9.59 Å². The number of rotatable bonds is 6. The largest absolute Gasteiger partial charge is 0.477 e. The molecule has 126 valence electrons. The lowest BCUT2D eigenvalue weighted by atomic mass is 10.1. The second-order valence-electron chi connectivity index (χ2n) is 4.90. The molecule has 0 aliphatic carbocycles. The fourth-order valence-electron chi connectivity index (χ4n) is 1.87. The van der Waals surface area contributed by atoms with Gasteiger partial charge in [0.25, 0.3) is 0 Å². The van der Waals surface area contributed by atoms with E-state index in [1.807, 2.05) is 0 Å². The lowest BCUT2D eigenvalue weighted by Gasteiger charge is -2.12. The molecule has 0 fully saturated rings. The van der Waals surface area contributed by atoms with Gasteiger partial charge in [0.1, 0.15) is 28.6 Å². The molecule has 0 aliphatic rings. The number of carbonyl (C=O) groups excluding carboxylic acids is 1. The molecule has 0 amide bonds. The summed E-state index contributed by atoms with van der Waals surface area (Å²) in [5, 5.41) is 9.17. The van der Waals surface area contributed by atoms with Crippen LogP contribution in [0.3, 0.4) is 0 Å². The summed E-state index contributed by atoms with van der Waals surface area (Å²) in [7, 11) is 0. The van der Waals surface area contributed by atoms with Crippen molar-refractivity contribution in [3.8, 4) is 0 Å². The Bertz CT molecular complexity index is 733. The third-order valence-corrected chi connectivity index (χ3v) is 3.39. The van der Waals surface area contributed by atoms with E-state index < -0.39 is 18.0 Å². The third-order valence-electron chi connectivity index (χ3n) is 3.01. The Labute approximate surface area is 147 Å². The summed E-state index contributed by atoms with van der Waals surface area (Å²) in [6, 6.07) is 5.04. The number of halogens is 2. The number of ether oxygens (including phenoxy) is 1. The Hall–Kier alpha value is -2.22. The van der Waals surface area contributed by atoms with E-state index in [0.29, 0.717) is 11.1 Å². The third kappa shape index (κ3) is 5.16. The highest BCUT2D eigenvalue weighted by molar-refractivity contribution is 6.32. The fraction of sp³-hybridized carbons (Fsp3) is 0.200. The molecular weight excluding hydrogens is 357 g/mol. The van der Waals surface area contributed by atoms with Crippen LogP contribution in [0.15, 0.2) is 30.5 Å². The Morgan fingerprint density at radius 2 is 1.88 bits per heavy atom. The molecule has 0 bridgehead atoms. The van der Waals surface area contributed by atoms with Crippen LogP contribution in [0.4, 0.5) is 0 Å². The van der Waals surface area contributed by atoms with E-state index in [4.69, 9.17) is 38.8 Å². The highest BCUT2D eigenvalue weighted by atomic mass is 35.5. The lowest BCUT2D eigenvalue weighted by Crippen LogP contribution is -2.34. The lowest BCUT2D eigenvalue weighted by molar-refractivity contribution is -0.146. The first kappa shape index (κ1) is 18.1. The molecule has 2 aromatic heterocycles. The summed E-state index contributed by atoms with van der Waals surface area (Å²) >= 11 is 11.5. The van der Waals surface area contributed by atoms with Crippen LogP contribution in [-0.4, -0.2) is 33.1 Å². The Kier molecular flexibility index (Phi) is 6.08. The highest BCUT2D eigenvalue weighted by Crippen LogP contribution is 2.15. The molecule has 0 aromatic carbocycles. The van der Waals surface area contributed by atoms with Gasteiger partial charge in [-0.25, -0.2) is 14.8 Å². The SMILES string of the molecule is N[C@@H](Cc1ccc(C(=O)O)nc1)C(=O)OCc1cc(Cl)nc(Cl)c1. The maximum Gasteiger partial charge on any atom is 0.354 e.